The fourth-order valence-electron chi connectivity index (χ4n) is 3.28. The maximum Gasteiger partial charge on any atom is 0.186 e. The predicted molar refractivity (Wildman–Crippen MR) is 110 cm³/mol. The maximum atomic E-state index is 6.00. The standard InChI is InChI=1S/C21H17N5O3/c1-27-15-8-7-13(10-16(15)28-2)24-20-18-19(25-26-21(18)23-11-22-20)17-9-12-5-3-4-6-14(12)29-17/h3-11H,1-2H3,(H2,22,23,24,25,26). The molecule has 8 heteroatoms. The van der Waals surface area contributed by atoms with E-state index in [1.165, 1.54) is 6.33 Å². The van der Waals surface area contributed by atoms with Gasteiger partial charge in [0, 0.05) is 17.1 Å². The number of methoxy groups -OCH3 is 2. The van der Waals surface area contributed by atoms with Gasteiger partial charge in [0.1, 0.15) is 23.4 Å². The molecule has 2 N–H and O–H groups in total. The maximum absolute atomic E-state index is 6.00. The zero-order valence-corrected chi connectivity index (χ0v) is 15.8. The molecule has 0 atom stereocenters. The largest absolute Gasteiger partial charge is 0.493 e. The van der Waals surface area contributed by atoms with Crippen LogP contribution in [0.5, 0.6) is 11.5 Å². The normalized spacial score (nSPS) is 11.1. The number of nitrogens with zero attached hydrogens (tertiary/aromatic N) is 3. The minimum atomic E-state index is 0.540. The molecule has 0 aliphatic carbocycles. The summed E-state index contributed by atoms with van der Waals surface area (Å²) in [6.45, 7) is 0. The van der Waals surface area contributed by atoms with Crippen LogP contribution in [0.4, 0.5) is 11.5 Å². The van der Waals surface area contributed by atoms with Gasteiger partial charge in [-0.2, -0.15) is 5.10 Å². The summed E-state index contributed by atoms with van der Waals surface area (Å²) in [5.41, 5.74) is 2.84. The van der Waals surface area contributed by atoms with E-state index in [-0.39, 0.29) is 0 Å². The topological polar surface area (TPSA) is 98.1 Å². The Kier molecular flexibility index (Phi) is 4.02. The summed E-state index contributed by atoms with van der Waals surface area (Å²) >= 11 is 0. The summed E-state index contributed by atoms with van der Waals surface area (Å²) in [6.07, 6.45) is 1.47. The third-order valence-electron chi connectivity index (χ3n) is 4.67. The van der Waals surface area contributed by atoms with Crippen molar-refractivity contribution in [2.45, 2.75) is 0 Å². The Bertz CT molecular complexity index is 1290. The number of aromatic amines is 1. The van der Waals surface area contributed by atoms with Crippen molar-refractivity contribution >= 4 is 33.5 Å². The van der Waals surface area contributed by atoms with Gasteiger partial charge < -0.3 is 19.2 Å². The summed E-state index contributed by atoms with van der Waals surface area (Å²) in [7, 11) is 3.20. The Hall–Kier alpha value is -4.07. The van der Waals surface area contributed by atoms with E-state index in [1.807, 2.05) is 48.5 Å². The molecule has 8 nitrogen and oxygen atoms in total. The molecule has 0 fully saturated rings. The lowest BCUT2D eigenvalue weighted by Crippen LogP contribution is -1.97. The highest BCUT2D eigenvalue weighted by Crippen LogP contribution is 2.36. The molecule has 0 aliphatic heterocycles. The molecular formula is C21H17N5O3. The van der Waals surface area contributed by atoms with Gasteiger partial charge in [-0.15, -0.1) is 0 Å². The number of furan rings is 1. The molecule has 0 saturated heterocycles. The highest BCUT2D eigenvalue weighted by molar-refractivity contribution is 6.00. The van der Waals surface area contributed by atoms with Crippen molar-refractivity contribution in [1.29, 1.82) is 0 Å². The number of hydrogen-bond donors (Lipinski definition) is 2. The van der Waals surface area contributed by atoms with E-state index in [0.717, 1.165) is 22.0 Å². The van der Waals surface area contributed by atoms with Crippen molar-refractivity contribution in [2.75, 3.05) is 19.5 Å². The molecule has 0 aliphatic rings. The molecule has 0 radical (unpaired) electrons. The summed E-state index contributed by atoms with van der Waals surface area (Å²) in [5, 5.41) is 12.4. The fraction of sp³-hybridized carbons (Fsp3) is 0.0952. The Morgan fingerprint density at radius 2 is 1.83 bits per heavy atom. The van der Waals surface area contributed by atoms with E-state index >= 15 is 0 Å². The van der Waals surface area contributed by atoms with Gasteiger partial charge >= 0.3 is 0 Å². The molecule has 0 unspecified atom stereocenters. The van der Waals surface area contributed by atoms with Crippen LogP contribution in [0, 0.1) is 0 Å². The van der Waals surface area contributed by atoms with Crippen LogP contribution in [0.15, 0.2) is 59.3 Å². The van der Waals surface area contributed by atoms with Gasteiger partial charge in [0.05, 0.1) is 19.6 Å². The van der Waals surface area contributed by atoms with E-state index in [2.05, 4.69) is 25.5 Å². The van der Waals surface area contributed by atoms with E-state index in [4.69, 9.17) is 13.9 Å². The number of anilines is 2. The number of H-pyrrole nitrogens is 1. The van der Waals surface area contributed by atoms with Gasteiger partial charge in [-0.05, 0) is 24.3 Å². The van der Waals surface area contributed by atoms with Crippen LogP contribution in [0.3, 0.4) is 0 Å². The average molecular weight is 387 g/mol. The average Bonchev–Trinajstić information content (AvgIpc) is 3.38. The van der Waals surface area contributed by atoms with Crippen LogP contribution < -0.4 is 14.8 Å². The van der Waals surface area contributed by atoms with E-state index < -0.39 is 0 Å². The Labute approximate surface area is 165 Å². The van der Waals surface area contributed by atoms with Crippen LogP contribution in [-0.2, 0) is 0 Å². The molecule has 144 valence electrons. The smallest absolute Gasteiger partial charge is 0.186 e. The summed E-state index contributed by atoms with van der Waals surface area (Å²) in [5.74, 6) is 2.54. The van der Waals surface area contributed by atoms with Crippen molar-refractivity contribution in [2.24, 2.45) is 0 Å². The number of nitrogens with one attached hydrogen (secondary N) is 2. The quantitative estimate of drug-likeness (QED) is 0.457. The molecule has 0 spiro atoms. The first-order valence-electron chi connectivity index (χ1n) is 8.94. The Balaban J connectivity index is 1.61. The van der Waals surface area contributed by atoms with Gasteiger partial charge in [0.2, 0.25) is 0 Å². The van der Waals surface area contributed by atoms with Gasteiger partial charge in [0.25, 0.3) is 0 Å². The van der Waals surface area contributed by atoms with Gasteiger partial charge in [-0.1, -0.05) is 18.2 Å². The molecule has 5 aromatic rings. The van der Waals surface area contributed by atoms with Gasteiger partial charge in [0.15, 0.2) is 22.9 Å². The predicted octanol–water partition coefficient (Wildman–Crippen LogP) is 4.53. The number of ether oxygens (including phenoxy) is 2. The molecule has 3 heterocycles. The van der Waals surface area contributed by atoms with Crippen molar-refractivity contribution in [3.63, 3.8) is 0 Å². The molecule has 0 amide bonds. The minimum Gasteiger partial charge on any atom is -0.493 e. The van der Waals surface area contributed by atoms with E-state index in [0.29, 0.717) is 34.4 Å². The number of para-hydroxylation sites is 1. The summed E-state index contributed by atoms with van der Waals surface area (Å²) in [4.78, 5) is 8.68. The molecule has 3 aromatic heterocycles. The summed E-state index contributed by atoms with van der Waals surface area (Å²) < 4.78 is 16.7. The second-order valence-electron chi connectivity index (χ2n) is 6.36. The number of aromatic nitrogens is 4. The van der Waals surface area contributed by atoms with Crippen LogP contribution in [-0.4, -0.2) is 34.4 Å². The molecule has 0 saturated carbocycles. The number of rotatable bonds is 5. The third-order valence-corrected chi connectivity index (χ3v) is 4.67. The van der Waals surface area contributed by atoms with Gasteiger partial charge in [-0.25, -0.2) is 9.97 Å². The van der Waals surface area contributed by atoms with Crippen LogP contribution in [0.25, 0.3) is 33.5 Å². The van der Waals surface area contributed by atoms with E-state index in [1.54, 1.807) is 14.2 Å². The van der Waals surface area contributed by atoms with Crippen LogP contribution in [0.2, 0.25) is 0 Å². The van der Waals surface area contributed by atoms with Gasteiger partial charge in [-0.3, -0.25) is 5.10 Å². The zero-order valence-electron chi connectivity index (χ0n) is 15.8. The van der Waals surface area contributed by atoms with Crippen molar-refractivity contribution in [1.82, 2.24) is 20.2 Å². The van der Waals surface area contributed by atoms with Crippen LogP contribution in [0.1, 0.15) is 0 Å². The number of fused-ring (bicyclic) bond motifs is 2. The van der Waals surface area contributed by atoms with Crippen molar-refractivity contribution in [3.05, 3.63) is 54.9 Å². The SMILES string of the molecule is COc1ccc(Nc2ncnc3n[nH]c(-c4cc5ccccc5o4)c23)cc1OC. The first kappa shape index (κ1) is 17.1. The first-order chi connectivity index (χ1) is 14.3. The number of hydrogen-bond acceptors (Lipinski definition) is 7. The molecular weight excluding hydrogens is 370 g/mol. The molecule has 5 rings (SSSR count). The third kappa shape index (κ3) is 2.91. The Morgan fingerprint density at radius 3 is 2.66 bits per heavy atom. The van der Waals surface area contributed by atoms with Crippen LogP contribution >= 0.6 is 0 Å². The molecule has 29 heavy (non-hydrogen) atoms. The monoisotopic (exact) mass is 387 g/mol. The second kappa shape index (κ2) is 6.83. The molecule has 2 aromatic carbocycles. The van der Waals surface area contributed by atoms with Crippen molar-refractivity contribution in [3.8, 4) is 23.0 Å². The lowest BCUT2D eigenvalue weighted by molar-refractivity contribution is 0.355. The fourth-order valence-corrected chi connectivity index (χ4v) is 3.28. The number of benzene rings is 2. The lowest BCUT2D eigenvalue weighted by Gasteiger charge is -2.11. The minimum absolute atomic E-state index is 0.540. The Morgan fingerprint density at radius 1 is 0.966 bits per heavy atom. The highest BCUT2D eigenvalue weighted by atomic mass is 16.5. The van der Waals surface area contributed by atoms with E-state index in [9.17, 15) is 0 Å². The second-order valence-corrected chi connectivity index (χ2v) is 6.36. The summed E-state index contributed by atoms with van der Waals surface area (Å²) in [6, 6.07) is 15.4. The lowest BCUT2D eigenvalue weighted by atomic mass is 10.2. The first-order valence-corrected chi connectivity index (χ1v) is 8.94. The van der Waals surface area contributed by atoms with Crippen molar-refractivity contribution < 1.29 is 13.9 Å². The molecule has 0 bridgehead atoms. The zero-order chi connectivity index (χ0) is 19.8. The highest BCUT2D eigenvalue weighted by Gasteiger charge is 2.18.